The highest BCUT2D eigenvalue weighted by Crippen LogP contribution is 2.20. The number of aliphatic hydroxyl groups is 2. The number of aliphatic imine (C=N–C) groups is 1. The topological polar surface area (TPSA) is 124 Å². The lowest BCUT2D eigenvalue weighted by Gasteiger charge is -2.34. The molecule has 0 saturated carbocycles. The summed E-state index contributed by atoms with van der Waals surface area (Å²) in [5, 5.41) is 19.5. The molecule has 0 amide bonds. The molecule has 0 aromatic rings. The lowest BCUT2D eigenvalue weighted by molar-refractivity contribution is -0.837. The molecule has 1 aliphatic heterocycles. The maximum atomic E-state index is 12.7. The fraction of sp³-hybridized carbons (Fsp3) is 0.900. The van der Waals surface area contributed by atoms with Crippen LogP contribution in [0.3, 0.4) is 0 Å². The molecule has 0 aliphatic carbocycles. The van der Waals surface area contributed by atoms with E-state index in [4.69, 9.17) is 4.55 Å². The summed E-state index contributed by atoms with van der Waals surface area (Å²) in [4.78, 5) is 17.1. The maximum Gasteiger partial charge on any atom is 0.267 e. The van der Waals surface area contributed by atoms with Crippen molar-refractivity contribution >= 4 is 21.7 Å². The van der Waals surface area contributed by atoms with E-state index in [9.17, 15) is 23.4 Å². The van der Waals surface area contributed by atoms with Crippen molar-refractivity contribution in [1.29, 1.82) is 0 Å². The van der Waals surface area contributed by atoms with Crippen molar-refractivity contribution in [2.24, 2.45) is 4.99 Å². The molecule has 1 heterocycles. The molecule has 2 atom stereocenters. The van der Waals surface area contributed by atoms with Gasteiger partial charge in [0.25, 0.3) is 16.0 Å². The molecule has 29 heavy (non-hydrogen) atoms. The molecule has 2 unspecified atom stereocenters. The van der Waals surface area contributed by atoms with Crippen LogP contribution in [0.4, 0.5) is 0 Å². The van der Waals surface area contributed by atoms with Crippen LogP contribution in [0.2, 0.25) is 0 Å². The number of amidine groups is 1. The third-order valence-electron chi connectivity index (χ3n) is 5.49. The fourth-order valence-electron chi connectivity index (χ4n) is 4.04. The molecule has 0 fully saturated rings. The molecule has 0 aromatic heterocycles. The van der Waals surface area contributed by atoms with Crippen molar-refractivity contribution < 1.29 is 32.5 Å². The molecule has 8 nitrogen and oxygen atoms in total. The number of ketones is 1. The number of quaternary nitrogens is 1. The van der Waals surface area contributed by atoms with Crippen molar-refractivity contribution in [3.8, 4) is 0 Å². The van der Waals surface area contributed by atoms with Gasteiger partial charge >= 0.3 is 0 Å². The largest absolute Gasteiger partial charge is 0.390 e. The van der Waals surface area contributed by atoms with Gasteiger partial charge in [0.15, 0.2) is 0 Å². The van der Waals surface area contributed by atoms with E-state index in [-0.39, 0.29) is 30.0 Å². The van der Waals surface area contributed by atoms with Crippen LogP contribution in [0.15, 0.2) is 4.99 Å². The molecule has 170 valence electrons. The van der Waals surface area contributed by atoms with E-state index in [0.29, 0.717) is 25.3 Å². The van der Waals surface area contributed by atoms with Gasteiger partial charge in [-0.05, 0) is 6.42 Å². The summed E-state index contributed by atoms with van der Waals surface area (Å²) in [5.41, 5.74) is 0. The van der Waals surface area contributed by atoms with Crippen molar-refractivity contribution in [3.05, 3.63) is 0 Å². The first-order chi connectivity index (χ1) is 13.7. The molecule has 9 heteroatoms. The van der Waals surface area contributed by atoms with Crippen LogP contribution in [-0.4, -0.2) is 83.9 Å². The average Bonchev–Trinajstić information content (AvgIpc) is 3.01. The normalized spacial score (nSPS) is 20.6. The zero-order valence-electron chi connectivity index (χ0n) is 17.8. The van der Waals surface area contributed by atoms with Gasteiger partial charge in [-0.2, -0.15) is 8.42 Å². The minimum atomic E-state index is -4.32. The van der Waals surface area contributed by atoms with E-state index in [1.54, 1.807) is 0 Å². The van der Waals surface area contributed by atoms with Crippen LogP contribution in [-0.2, 0) is 14.9 Å². The molecule has 0 aromatic carbocycles. The highest BCUT2D eigenvalue weighted by Gasteiger charge is 2.43. The van der Waals surface area contributed by atoms with Crippen LogP contribution in [0.25, 0.3) is 0 Å². The molecule has 0 radical (unpaired) electrons. The van der Waals surface area contributed by atoms with Crippen molar-refractivity contribution in [2.75, 3.05) is 38.5 Å². The first kappa shape index (κ1) is 26.2. The Morgan fingerprint density at radius 1 is 1.10 bits per heavy atom. The Bertz CT molecular complexity index is 622. The summed E-state index contributed by atoms with van der Waals surface area (Å²) in [6.45, 7) is 2.95. The Labute approximate surface area is 175 Å². The number of carbonyl (C=O) groups is 1. The zero-order valence-corrected chi connectivity index (χ0v) is 18.6. The molecule has 3 N–H and O–H groups in total. The standard InChI is InChI=1S/C20H38N2O6S/c1-2-3-4-5-6-7-8-9-10-11-19(25)20-21-12-13-22(20,14-15-23)16-18(24)17-29(26,27)28/h18,23-24H,2-17H2,1H3/p+1. The molecular formula is C20H39N2O6S+. The quantitative estimate of drug-likeness (QED) is 0.182. The number of aliphatic hydroxyl groups excluding tert-OH is 2. The predicted octanol–water partition coefficient (Wildman–Crippen LogP) is 1.95. The third-order valence-corrected chi connectivity index (χ3v) is 6.29. The fourth-order valence-corrected chi connectivity index (χ4v) is 4.63. The highest BCUT2D eigenvalue weighted by atomic mass is 32.2. The molecule has 0 saturated heterocycles. The Morgan fingerprint density at radius 3 is 2.24 bits per heavy atom. The SMILES string of the molecule is CCCCCCCCCCCC(=O)C1=NCC[N+]1(CCO)CC(O)CS(=O)(=O)O. The Balaban J connectivity index is 2.48. The Hall–Kier alpha value is -0.870. The second-order valence-electron chi connectivity index (χ2n) is 8.11. The minimum absolute atomic E-state index is 0.0244. The van der Waals surface area contributed by atoms with Gasteiger partial charge in [-0.3, -0.25) is 13.8 Å². The third kappa shape index (κ3) is 10.1. The van der Waals surface area contributed by atoms with Crippen molar-refractivity contribution in [2.45, 2.75) is 77.2 Å². The number of nitrogens with zero attached hydrogens (tertiary/aromatic N) is 2. The first-order valence-corrected chi connectivity index (χ1v) is 12.5. The van der Waals surface area contributed by atoms with E-state index in [0.717, 1.165) is 19.3 Å². The van der Waals surface area contributed by atoms with Crippen LogP contribution in [0, 0.1) is 0 Å². The average molecular weight is 436 g/mol. The van der Waals surface area contributed by atoms with Gasteiger partial charge in [0.1, 0.15) is 31.5 Å². The molecular weight excluding hydrogens is 396 g/mol. The maximum absolute atomic E-state index is 12.7. The van der Waals surface area contributed by atoms with E-state index >= 15 is 0 Å². The predicted molar refractivity (Wildman–Crippen MR) is 114 cm³/mol. The number of rotatable bonds is 17. The lowest BCUT2D eigenvalue weighted by atomic mass is 10.0. The van der Waals surface area contributed by atoms with E-state index < -0.39 is 22.0 Å². The van der Waals surface area contributed by atoms with Crippen LogP contribution in [0.1, 0.15) is 71.1 Å². The summed E-state index contributed by atoms with van der Waals surface area (Å²) in [5.74, 6) is -0.580. The molecule has 1 aliphatic rings. The van der Waals surface area contributed by atoms with Crippen molar-refractivity contribution in [1.82, 2.24) is 0 Å². The minimum Gasteiger partial charge on any atom is -0.390 e. The van der Waals surface area contributed by atoms with E-state index in [2.05, 4.69) is 11.9 Å². The summed E-state index contributed by atoms with van der Waals surface area (Å²) in [7, 11) is -4.32. The van der Waals surface area contributed by atoms with Gasteiger partial charge < -0.3 is 10.2 Å². The summed E-state index contributed by atoms with van der Waals surface area (Å²) >= 11 is 0. The highest BCUT2D eigenvalue weighted by molar-refractivity contribution is 7.85. The van der Waals surface area contributed by atoms with Gasteiger partial charge in [0.05, 0.1) is 13.2 Å². The van der Waals surface area contributed by atoms with E-state index in [1.807, 2.05) is 0 Å². The molecule has 0 spiro atoms. The van der Waals surface area contributed by atoms with Crippen molar-refractivity contribution in [3.63, 3.8) is 0 Å². The monoisotopic (exact) mass is 435 g/mol. The van der Waals surface area contributed by atoms with E-state index in [1.165, 1.54) is 38.5 Å². The smallest absolute Gasteiger partial charge is 0.267 e. The number of Topliss-reactive ketones (excluding diaryl/α,β-unsaturated/α-hetero) is 1. The van der Waals surface area contributed by atoms with Gasteiger partial charge in [0, 0.05) is 6.42 Å². The second kappa shape index (κ2) is 13.4. The van der Waals surface area contributed by atoms with Crippen LogP contribution in [0.5, 0.6) is 0 Å². The van der Waals surface area contributed by atoms with Crippen LogP contribution >= 0.6 is 0 Å². The first-order valence-electron chi connectivity index (χ1n) is 10.9. The number of hydrogen-bond donors (Lipinski definition) is 3. The summed E-state index contributed by atoms with van der Waals surface area (Å²) < 4.78 is 31.0. The lowest BCUT2D eigenvalue weighted by Crippen LogP contribution is -2.59. The second-order valence-corrected chi connectivity index (χ2v) is 9.61. The van der Waals surface area contributed by atoms with Gasteiger partial charge in [-0.15, -0.1) is 0 Å². The zero-order chi connectivity index (χ0) is 21.8. The number of hydrogen-bond acceptors (Lipinski definition) is 6. The van der Waals surface area contributed by atoms with Crippen LogP contribution < -0.4 is 0 Å². The molecule has 1 rings (SSSR count). The van der Waals surface area contributed by atoms with Gasteiger partial charge in [-0.1, -0.05) is 58.3 Å². The summed E-state index contributed by atoms with van der Waals surface area (Å²) in [6, 6.07) is 0. The Morgan fingerprint density at radius 2 is 1.69 bits per heavy atom. The number of unbranched alkanes of at least 4 members (excludes halogenated alkanes) is 8. The summed E-state index contributed by atoms with van der Waals surface area (Å²) in [6.07, 6.45) is 9.44. The van der Waals surface area contributed by atoms with Gasteiger partial charge in [-0.25, -0.2) is 4.99 Å². The Kier molecular flexibility index (Phi) is 12.1. The molecule has 0 bridgehead atoms. The van der Waals surface area contributed by atoms with Gasteiger partial charge in [0.2, 0.25) is 5.78 Å². The number of carbonyl (C=O) groups excluding carboxylic acids is 1.